The fourth-order valence-electron chi connectivity index (χ4n) is 8.49. The molecule has 1 aromatic carbocycles. The van der Waals surface area contributed by atoms with Crippen LogP contribution in [0.15, 0.2) is 36.5 Å². The number of nitrogens with zero attached hydrogens (tertiary/aromatic N) is 1. The largest absolute Gasteiger partial charge is 0.506 e. The maximum Gasteiger partial charge on any atom is 0.230 e. The molecule has 2 aromatic rings. The van der Waals surface area contributed by atoms with Gasteiger partial charge in [0.2, 0.25) is 5.91 Å². The summed E-state index contributed by atoms with van der Waals surface area (Å²) in [5, 5.41) is 59.0. The molecule has 2 saturated carbocycles. The highest BCUT2D eigenvalue weighted by Crippen LogP contribution is 2.68. The second-order valence-corrected chi connectivity index (χ2v) is 12.5. The molecule has 0 radical (unpaired) electrons. The van der Waals surface area contributed by atoms with Crippen molar-refractivity contribution in [1.82, 2.24) is 4.98 Å². The lowest BCUT2D eigenvalue weighted by Gasteiger charge is -2.69. The summed E-state index contributed by atoms with van der Waals surface area (Å²) in [6, 6.07) is 8.41. The first kappa shape index (κ1) is 28.4. The normalized spacial score (nSPS) is 40.8. The summed E-state index contributed by atoms with van der Waals surface area (Å²) in [6.07, 6.45) is -3.79. The van der Waals surface area contributed by atoms with E-state index in [0.29, 0.717) is 11.3 Å². The predicted octanol–water partition coefficient (Wildman–Crippen LogP) is 1.17. The number of rotatable bonds is 3. The van der Waals surface area contributed by atoms with Crippen LogP contribution in [-0.4, -0.2) is 71.9 Å². The summed E-state index contributed by atoms with van der Waals surface area (Å²) in [4.78, 5) is 44.7. The molecule has 214 valence electrons. The lowest BCUT2D eigenvalue weighted by molar-refractivity contribution is -0.306. The van der Waals surface area contributed by atoms with E-state index in [1.54, 1.807) is 58.0 Å². The molecular formula is C30H36N2O8. The molecular weight excluding hydrogens is 516 g/mol. The van der Waals surface area contributed by atoms with Crippen molar-refractivity contribution in [2.45, 2.75) is 64.4 Å². The number of amides is 1. The van der Waals surface area contributed by atoms with Crippen molar-refractivity contribution in [3.63, 3.8) is 0 Å². The number of aliphatic hydroxyl groups excluding tert-OH is 3. The van der Waals surface area contributed by atoms with Crippen molar-refractivity contribution in [3.05, 3.63) is 47.7 Å². The number of ketones is 2. The smallest absolute Gasteiger partial charge is 0.230 e. The quantitative estimate of drug-likeness (QED) is 0.303. The molecule has 7 N–H and O–H groups in total. The van der Waals surface area contributed by atoms with Gasteiger partial charge >= 0.3 is 0 Å². The first-order valence-corrected chi connectivity index (χ1v) is 13.5. The molecule has 40 heavy (non-hydrogen) atoms. The van der Waals surface area contributed by atoms with Crippen LogP contribution in [0.2, 0.25) is 0 Å². The van der Waals surface area contributed by atoms with E-state index in [1.165, 1.54) is 13.1 Å². The molecule has 0 bridgehead atoms. The molecule has 0 spiro atoms. The van der Waals surface area contributed by atoms with Gasteiger partial charge in [-0.05, 0) is 41.5 Å². The maximum absolute atomic E-state index is 14.3. The van der Waals surface area contributed by atoms with Gasteiger partial charge in [-0.1, -0.05) is 46.8 Å². The summed E-state index contributed by atoms with van der Waals surface area (Å²) in [6.45, 7) is 8.20. The Labute approximate surface area is 231 Å². The van der Waals surface area contributed by atoms with Gasteiger partial charge in [0.1, 0.15) is 17.8 Å². The number of nitrogens with two attached hydrogens (primary N) is 1. The number of primary amides is 1. The Kier molecular flexibility index (Phi) is 6.31. The molecule has 1 amide bonds. The number of carbonyl (C=O) groups excluding carboxylic acids is 3. The van der Waals surface area contributed by atoms with Crippen LogP contribution in [0.3, 0.4) is 0 Å². The SMILES string of the molecule is CC(C)[C@H]1C(O)[C@@H](C(N)=O)C(=O)[C@]2(O)C(O)[C@H]3C(=O)c4c(ccc(-c5ccccn5)c4O)[C@@H](C)[C@]3(C)[C@@H](O)[C@]12C. The Hall–Kier alpha value is -3.18. The molecule has 3 aliphatic rings. The summed E-state index contributed by atoms with van der Waals surface area (Å²) in [5.74, 6) is -9.14. The minimum absolute atomic E-state index is 0.0910. The van der Waals surface area contributed by atoms with Crippen LogP contribution in [0.1, 0.15) is 56.5 Å². The monoisotopic (exact) mass is 552 g/mol. The lowest BCUT2D eigenvalue weighted by atomic mass is 9.36. The topological polar surface area (TPSA) is 191 Å². The Bertz CT molecular complexity index is 1410. The molecule has 2 unspecified atom stereocenters. The summed E-state index contributed by atoms with van der Waals surface area (Å²) in [5.41, 5.74) is 0.385. The van der Waals surface area contributed by atoms with E-state index in [9.17, 15) is 39.9 Å². The van der Waals surface area contributed by atoms with Crippen LogP contribution in [0.25, 0.3) is 11.3 Å². The van der Waals surface area contributed by atoms with Crippen molar-refractivity contribution in [2.75, 3.05) is 0 Å². The molecule has 0 aliphatic heterocycles. The molecule has 0 saturated heterocycles. The van der Waals surface area contributed by atoms with Crippen molar-refractivity contribution in [3.8, 4) is 17.0 Å². The highest BCUT2D eigenvalue weighted by atomic mass is 16.4. The Morgan fingerprint density at radius 3 is 2.27 bits per heavy atom. The average Bonchev–Trinajstić information content (AvgIpc) is 2.89. The zero-order chi connectivity index (χ0) is 29.7. The predicted molar refractivity (Wildman–Crippen MR) is 143 cm³/mol. The number of pyridine rings is 1. The van der Waals surface area contributed by atoms with Gasteiger partial charge in [-0.25, -0.2) is 0 Å². The van der Waals surface area contributed by atoms with E-state index in [4.69, 9.17) is 5.73 Å². The second kappa shape index (κ2) is 8.91. The first-order chi connectivity index (χ1) is 18.6. The Morgan fingerprint density at radius 1 is 1.07 bits per heavy atom. The fraction of sp³-hybridized carbons (Fsp3) is 0.533. The van der Waals surface area contributed by atoms with Gasteiger partial charge in [-0.2, -0.15) is 0 Å². The van der Waals surface area contributed by atoms with Gasteiger partial charge in [0.15, 0.2) is 17.2 Å². The number of carbonyl (C=O) groups is 3. The molecule has 1 heterocycles. The van der Waals surface area contributed by atoms with Crippen LogP contribution >= 0.6 is 0 Å². The average molecular weight is 553 g/mol. The minimum Gasteiger partial charge on any atom is -0.506 e. The van der Waals surface area contributed by atoms with Gasteiger partial charge in [0, 0.05) is 22.6 Å². The van der Waals surface area contributed by atoms with Crippen molar-refractivity contribution in [2.24, 2.45) is 40.2 Å². The number of phenolic OH excluding ortho intramolecular Hbond substituents is 1. The van der Waals surface area contributed by atoms with Gasteiger partial charge in [-0.3, -0.25) is 19.4 Å². The first-order valence-electron chi connectivity index (χ1n) is 13.5. The standard InChI is InChI=1S/C30H36N2O8/c1-12(2)19-23(35)18(26(31)38)24(36)30(40)25(37)20-22(34)17-14(13(3)28(20,4)27(39)29(19,30)5)9-10-15(21(17)33)16-8-6-7-11-32-16/h6-13,18-20,23,25,27,33,35,37,39-40H,1-5H3,(H2,31,38)/t13-,18-,19+,20-,23?,25?,27-,28+,29+,30+/m1/s1. The van der Waals surface area contributed by atoms with Gasteiger partial charge in [0.05, 0.1) is 29.4 Å². The number of hydrogen-bond donors (Lipinski definition) is 6. The highest BCUT2D eigenvalue weighted by Gasteiger charge is 2.80. The molecule has 2 fully saturated rings. The molecule has 1 aromatic heterocycles. The molecule has 5 rings (SSSR count). The van der Waals surface area contributed by atoms with E-state index < -0.39 is 81.8 Å². The molecule has 10 atom stereocenters. The van der Waals surface area contributed by atoms with E-state index >= 15 is 0 Å². The number of fused-ring (bicyclic) bond motifs is 3. The van der Waals surface area contributed by atoms with Crippen molar-refractivity contribution in [1.29, 1.82) is 0 Å². The van der Waals surface area contributed by atoms with Crippen LogP contribution in [-0.2, 0) is 9.59 Å². The molecule has 10 heteroatoms. The Balaban J connectivity index is 1.78. The van der Waals surface area contributed by atoms with Gasteiger partial charge in [-0.15, -0.1) is 0 Å². The lowest BCUT2D eigenvalue weighted by Crippen LogP contribution is -2.83. The fourth-order valence-corrected chi connectivity index (χ4v) is 8.49. The maximum atomic E-state index is 14.3. The number of aliphatic hydroxyl groups is 4. The second-order valence-electron chi connectivity index (χ2n) is 12.5. The third-order valence-corrected chi connectivity index (χ3v) is 10.6. The number of aromatic hydroxyl groups is 1. The highest BCUT2D eigenvalue weighted by molar-refractivity contribution is 6.10. The number of aromatic nitrogens is 1. The van der Waals surface area contributed by atoms with Crippen LogP contribution in [0.5, 0.6) is 5.75 Å². The van der Waals surface area contributed by atoms with Crippen LogP contribution in [0.4, 0.5) is 0 Å². The van der Waals surface area contributed by atoms with E-state index in [0.717, 1.165) is 0 Å². The van der Waals surface area contributed by atoms with Crippen molar-refractivity contribution >= 4 is 17.5 Å². The summed E-state index contributed by atoms with van der Waals surface area (Å²) < 4.78 is 0. The van der Waals surface area contributed by atoms with E-state index in [-0.39, 0.29) is 16.9 Å². The van der Waals surface area contributed by atoms with Crippen LogP contribution in [0, 0.1) is 34.5 Å². The zero-order valence-corrected chi connectivity index (χ0v) is 23.1. The minimum atomic E-state index is -2.81. The number of phenols is 1. The number of benzene rings is 1. The van der Waals surface area contributed by atoms with Gasteiger partial charge < -0.3 is 31.3 Å². The van der Waals surface area contributed by atoms with Crippen molar-refractivity contribution < 1.29 is 39.9 Å². The zero-order valence-electron chi connectivity index (χ0n) is 23.1. The van der Waals surface area contributed by atoms with E-state index in [2.05, 4.69) is 4.98 Å². The molecule has 3 aliphatic carbocycles. The third-order valence-electron chi connectivity index (χ3n) is 10.6. The van der Waals surface area contributed by atoms with Crippen LogP contribution < -0.4 is 5.73 Å². The number of Topliss-reactive ketones (excluding diaryl/α,β-unsaturated/α-hetero) is 2. The molecule has 10 nitrogen and oxygen atoms in total. The van der Waals surface area contributed by atoms with Gasteiger partial charge in [0.25, 0.3) is 0 Å². The summed E-state index contributed by atoms with van der Waals surface area (Å²) >= 11 is 0. The summed E-state index contributed by atoms with van der Waals surface area (Å²) in [7, 11) is 0. The van der Waals surface area contributed by atoms with E-state index in [1.807, 2.05) is 0 Å². The Morgan fingerprint density at radius 2 is 1.73 bits per heavy atom. The number of hydrogen-bond acceptors (Lipinski definition) is 9. The third kappa shape index (κ3) is 3.13.